The first-order valence-corrected chi connectivity index (χ1v) is 13.7. The Hall–Kier alpha value is -4.03. The van der Waals surface area contributed by atoms with Crippen LogP contribution in [0.2, 0.25) is 5.02 Å². The highest BCUT2D eigenvalue weighted by atomic mass is 35.5. The first kappa shape index (κ1) is 29.5. The minimum atomic E-state index is -3.63. The summed E-state index contributed by atoms with van der Waals surface area (Å²) in [4.78, 5) is 28.5. The number of pyridine rings is 1. The molecule has 39 heavy (non-hydrogen) atoms. The van der Waals surface area contributed by atoms with Gasteiger partial charge in [0.2, 0.25) is 15.9 Å². The summed E-state index contributed by atoms with van der Waals surface area (Å²) in [5.41, 5.74) is 1.02. The molecule has 0 aliphatic rings. The number of methoxy groups -OCH3 is 2. The van der Waals surface area contributed by atoms with Gasteiger partial charge in [0.25, 0.3) is 5.91 Å². The Balaban J connectivity index is 1.94. The van der Waals surface area contributed by atoms with Crippen LogP contribution in [0.15, 0.2) is 48.7 Å². The van der Waals surface area contributed by atoms with Gasteiger partial charge in [0.1, 0.15) is 11.5 Å². The molecule has 0 aliphatic heterocycles. The fraction of sp³-hybridized carbons (Fsp3) is 0.269. The molecule has 2 N–H and O–H groups in total. The molecule has 1 amide bonds. The van der Waals surface area contributed by atoms with E-state index in [1.165, 1.54) is 43.6 Å². The third kappa shape index (κ3) is 7.98. The number of carbonyl (C=O) groups excluding carboxylic acids is 2. The van der Waals surface area contributed by atoms with E-state index in [1.54, 1.807) is 12.1 Å². The van der Waals surface area contributed by atoms with Crippen molar-refractivity contribution in [2.75, 3.05) is 30.5 Å². The zero-order valence-electron chi connectivity index (χ0n) is 22.1. The molecular formula is C26H28ClN3O8S. The van der Waals surface area contributed by atoms with Crippen molar-refractivity contribution in [3.63, 3.8) is 0 Å². The molecule has 0 radical (unpaired) electrons. The van der Waals surface area contributed by atoms with E-state index in [4.69, 9.17) is 25.8 Å². The third-order valence-corrected chi connectivity index (χ3v) is 6.09. The second-order valence-electron chi connectivity index (χ2n) is 9.32. The van der Waals surface area contributed by atoms with Crippen molar-refractivity contribution in [1.82, 2.24) is 4.98 Å². The molecule has 0 saturated carbocycles. The van der Waals surface area contributed by atoms with Crippen molar-refractivity contribution in [3.05, 3.63) is 64.8 Å². The van der Waals surface area contributed by atoms with E-state index in [0.717, 1.165) is 18.9 Å². The first-order chi connectivity index (χ1) is 18.2. The average molecular weight is 578 g/mol. The van der Waals surface area contributed by atoms with Crippen LogP contribution in [0, 0.1) is 0 Å². The quantitative estimate of drug-likeness (QED) is 0.327. The lowest BCUT2D eigenvalue weighted by atomic mass is 9.86. The van der Waals surface area contributed by atoms with Crippen molar-refractivity contribution < 1.29 is 37.0 Å². The van der Waals surface area contributed by atoms with Crippen LogP contribution >= 0.6 is 11.6 Å². The minimum absolute atomic E-state index is 0.0614. The second-order valence-corrected chi connectivity index (χ2v) is 11.5. The van der Waals surface area contributed by atoms with Gasteiger partial charge < -0.3 is 24.3 Å². The number of sulfonamides is 1. The predicted octanol–water partition coefficient (Wildman–Crippen LogP) is 5.60. The van der Waals surface area contributed by atoms with Gasteiger partial charge in [-0.05, 0) is 47.4 Å². The average Bonchev–Trinajstić information content (AvgIpc) is 2.83. The van der Waals surface area contributed by atoms with Crippen LogP contribution in [0.4, 0.5) is 16.2 Å². The molecule has 0 unspecified atom stereocenters. The van der Waals surface area contributed by atoms with Crippen LogP contribution in [0.25, 0.3) is 0 Å². The van der Waals surface area contributed by atoms with Gasteiger partial charge in [-0.2, -0.15) is 0 Å². The molecule has 3 aromatic rings. The smallest absolute Gasteiger partial charge is 0.492 e. The third-order valence-electron chi connectivity index (χ3n) is 5.18. The van der Waals surface area contributed by atoms with Gasteiger partial charge in [-0.25, -0.2) is 18.2 Å². The molecule has 0 saturated heterocycles. The van der Waals surface area contributed by atoms with Crippen LogP contribution < -0.4 is 24.2 Å². The van der Waals surface area contributed by atoms with Gasteiger partial charge >= 0.3 is 6.16 Å². The number of ether oxygens (including phenoxy) is 4. The zero-order valence-corrected chi connectivity index (χ0v) is 23.7. The molecule has 0 fully saturated rings. The number of rotatable bonds is 8. The summed E-state index contributed by atoms with van der Waals surface area (Å²) >= 11 is 6.30. The molecule has 0 atom stereocenters. The summed E-state index contributed by atoms with van der Waals surface area (Å²) < 4.78 is 47.0. The first-order valence-electron chi connectivity index (χ1n) is 11.4. The van der Waals surface area contributed by atoms with Crippen molar-refractivity contribution >= 4 is 45.1 Å². The molecule has 13 heteroatoms. The van der Waals surface area contributed by atoms with Gasteiger partial charge in [-0.15, -0.1) is 0 Å². The molecule has 208 valence electrons. The normalized spacial score (nSPS) is 11.4. The number of nitrogens with zero attached hydrogens (tertiary/aromatic N) is 1. The Labute approximate surface area is 231 Å². The second kappa shape index (κ2) is 11.8. The van der Waals surface area contributed by atoms with Crippen molar-refractivity contribution in [2.24, 2.45) is 0 Å². The monoisotopic (exact) mass is 577 g/mol. The summed E-state index contributed by atoms with van der Waals surface area (Å²) in [7, 11) is -1.10. The van der Waals surface area contributed by atoms with Crippen LogP contribution in [0.3, 0.4) is 0 Å². The molecular weight excluding hydrogens is 550 g/mol. The number of amides is 1. The SMILES string of the molecule is COC(=O)Oc1cc(Oc2cc(C(=O)Nc3cc(C(C)(C)C)cc(NS(C)(=O)=O)c3OC)ccc2Cl)ccn1. The molecule has 2 aromatic carbocycles. The zero-order chi connectivity index (χ0) is 29.0. The van der Waals surface area contributed by atoms with E-state index in [-0.39, 0.29) is 50.5 Å². The van der Waals surface area contributed by atoms with E-state index in [9.17, 15) is 18.0 Å². The highest BCUT2D eigenvalue weighted by Gasteiger charge is 2.23. The molecule has 0 bridgehead atoms. The predicted molar refractivity (Wildman–Crippen MR) is 147 cm³/mol. The lowest BCUT2D eigenvalue weighted by Gasteiger charge is -2.24. The summed E-state index contributed by atoms with van der Waals surface area (Å²) in [6, 6.07) is 10.6. The fourth-order valence-electron chi connectivity index (χ4n) is 3.33. The Kier molecular flexibility index (Phi) is 8.92. The van der Waals surface area contributed by atoms with Crippen molar-refractivity contribution in [3.8, 4) is 23.1 Å². The molecule has 1 aromatic heterocycles. The molecule has 3 rings (SSSR count). The number of benzene rings is 2. The number of halogens is 1. The van der Waals surface area contributed by atoms with E-state index in [0.29, 0.717) is 0 Å². The standard InChI is InChI=1S/C26H28ClN3O8S/c1-26(2,3)16-12-19(23(35-4)20(13-16)30-39(6,33)34)29-24(31)15-7-8-18(27)21(11-15)37-17-9-10-28-22(14-17)38-25(32)36-5/h7-14,30H,1-6H3,(H,29,31). The molecule has 11 nitrogen and oxygen atoms in total. The topological polar surface area (TPSA) is 142 Å². The van der Waals surface area contributed by atoms with Crippen molar-refractivity contribution in [1.29, 1.82) is 0 Å². The van der Waals surface area contributed by atoms with Crippen LogP contribution in [0.1, 0.15) is 36.7 Å². The molecule has 0 spiro atoms. The number of hydrogen-bond acceptors (Lipinski definition) is 9. The number of aromatic nitrogens is 1. The lowest BCUT2D eigenvalue weighted by molar-refractivity contribution is 0.102. The van der Waals surface area contributed by atoms with Gasteiger partial charge in [0, 0.05) is 17.8 Å². The van der Waals surface area contributed by atoms with Gasteiger partial charge in [0.15, 0.2) is 5.75 Å². The molecule has 0 aliphatic carbocycles. The summed E-state index contributed by atoms with van der Waals surface area (Å²) in [6.45, 7) is 5.86. The van der Waals surface area contributed by atoms with E-state index in [1.807, 2.05) is 20.8 Å². The van der Waals surface area contributed by atoms with E-state index >= 15 is 0 Å². The number of hydrogen-bond donors (Lipinski definition) is 2. The highest BCUT2D eigenvalue weighted by molar-refractivity contribution is 7.92. The molecule has 1 heterocycles. The highest BCUT2D eigenvalue weighted by Crippen LogP contribution is 2.39. The van der Waals surface area contributed by atoms with Gasteiger partial charge in [0.05, 0.1) is 36.9 Å². The summed E-state index contributed by atoms with van der Waals surface area (Å²) in [6.07, 6.45) is 1.43. The largest absolute Gasteiger partial charge is 0.514 e. The summed E-state index contributed by atoms with van der Waals surface area (Å²) in [5.74, 6) is -0.0692. The maximum absolute atomic E-state index is 13.3. The minimum Gasteiger partial charge on any atom is -0.492 e. The lowest BCUT2D eigenvalue weighted by Crippen LogP contribution is -2.18. The Morgan fingerprint density at radius 3 is 2.31 bits per heavy atom. The Morgan fingerprint density at radius 2 is 1.69 bits per heavy atom. The number of carbonyl (C=O) groups is 2. The van der Waals surface area contributed by atoms with Gasteiger partial charge in [-0.1, -0.05) is 32.4 Å². The maximum Gasteiger partial charge on any atom is 0.514 e. The Bertz CT molecular complexity index is 1500. The fourth-order valence-corrected chi connectivity index (χ4v) is 4.04. The van der Waals surface area contributed by atoms with E-state index < -0.39 is 22.1 Å². The number of nitrogens with one attached hydrogen (secondary N) is 2. The van der Waals surface area contributed by atoms with Crippen LogP contribution in [0.5, 0.6) is 23.1 Å². The van der Waals surface area contributed by atoms with Crippen LogP contribution in [-0.2, 0) is 20.2 Å². The van der Waals surface area contributed by atoms with Gasteiger partial charge in [-0.3, -0.25) is 9.52 Å². The van der Waals surface area contributed by atoms with Crippen LogP contribution in [-0.4, -0.2) is 45.9 Å². The Morgan fingerprint density at radius 1 is 1.00 bits per heavy atom. The van der Waals surface area contributed by atoms with Crippen molar-refractivity contribution in [2.45, 2.75) is 26.2 Å². The van der Waals surface area contributed by atoms with E-state index in [2.05, 4.69) is 19.8 Å². The maximum atomic E-state index is 13.3. The number of anilines is 2. The summed E-state index contributed by atoms with van der Waals surface area (Å²) in [5, 5.41) is 3.00.